The van der Waals surface area contributed by atoms with Gasteiger partial charge in [-0.3, -0.25) is 4.79 Å². The van der Waals surface area contributed by atoms with Gasteiger partial charge in [-0.1, -0.05) is 24.3 Å². The molecule has 0 aromatic heterocycles. The molecule has 0 aliphatic rings. The monoisotopic (exact) mass is 495 g/mol. The number of nitrogens with zero attached hydrogens (tertiary/aromatic N) is 1. The fourth-order valence-corrected chi connectivity index (χ4v) is 4.52. The summed E-state index contributed by atoms with van der Waals surface area (Å²) in [5, 5.41) is 0. The summed E-state index contributed by atoms with van der Waals surface area (Å²) < 4.78 is 37.6. The zero-order chi connectivity index (χ0) is 25.8. The van der Waals surface area contributed by atoms with E-state index in [4.69, 9.17) is 9.47 Å². The smallest absolute Gasteiger partial charge is 0.339 e. The molecule has 35 heavy (non-hydrogen) atoms. The van der Waals surface area contributed by atoms with Gasteiger partial charge in [-0.25, -0.2) is 13.2 Å². The van der Waals surface area contributed by atoms with E-state index in [1.165, 1.54) is 36.1 Å². The topological polar surface area (TPSA) is 90.0 Å². The first-order valence-electron chi connectivity index (χ1n) is 11.0. The highest BCUT2D eigenvalue weighted by molar-refractivity contribution is 7.91. The minimum absolute atomic E-state index is 0.00932. The summed E-state index contributed by atoms with van der Waals surface area (Å²) in [5.74, 6) is -0.201. The minimum Gasteiger partial charge on any atom is -0.489 e. The van der Waals surface area contributed by atoms with E-state index < -0.39 is 21.4 Å². The van der Waals surface area contributed by atoms with Crippen LogP contribution in [0.5, 0.6) is 5.75 Å². The van der Waals surface area contributed by atoms with E-state index in [9.17, 15) is 18.0 Å². The molecule has 3 aromatic rings. The lowest BCUT2D eigenvalue weighted by Gasteiger charge is -2.21. The van der Waals surface area contributed by atoms with Gasteiger partial charge in [0.2, 0.25) is 15.7 Å². The molecule has 0 atom stereocenters. The zero-order valence-electron chi connectivity index (χ0n) is 20.4. The maximum atomic E-state index is 13.1. The fraction of sp³-hybridized carbons (Fsp3) is 0.259. The van der Waals surface area contributed by atoms with Gasteiger partial charge in [-0.15, -0.1) is 0 Å². The number of anilines is 1. The van der Waals surface area contributed by atoms with Gasteiger partial charge in [0.1, 0.15) is 18.0 Å². The Hall–Kier alpha value is -3.65. The first kappa shape index (κ1) is 26.0. The number of hydrogen-bond acceptors (Lipinski definition) is 6. The van der Waals surface area contributed by atoms with Crippen LogP contribution < -0.4 is 9.64 Å². The third-order valence-electron chi connectivity index (χ3n) is 5.15. The number of carbonyl (C=O) groups excluding carboxylic acids is 2. The van der Waals surface area contributed by atoms with Crippen LogP contribution >= 0.6 is 0 Å². The van der Waals surface area contributed by atoms with Crippen molar-refractivity contribution in [2.75, 3.05) is 11.9 Å². The van der Waals surface area contributed by atoms with Gasteiger partial charge in [0.15, 0.2) is 0 Å². The average molecular weight is 496 g/mol. The van der Waals surface area contributed by atoms with Crippen molar-refractivity contribution >= 4 is 27.4 Å². The molecule has 3 aromatic carbocycles. The zero-order valence-corrected chi connectivity index (χ0v) is 21.3. The Labute approximate surface area is 206 Å². The van der Waals surface area contributed by atoms with Crippen molar-refractivity contribution in [2.45, 2.75) is 49.7 Å². The fourth-order valence-electron chi connectivity index (χ4n) is 3.22. The molecule has 0 spiro atoms. The molecule has 8 heteroatoms. The molecule has 0 unspecified atom stereocenters. The molecule has 0 saturated heterocycles. The molecule has 184 valence electrons. The molecule has 3 rings (SSSR count). The lowest BCUT2D eigenvalue weighted by atomic mass is 10.1. The molecule has 0 heterocycles. The molecule has 1 amide bonds. The van der Waals surface area contributed by atoms with Crippen LogP contribution in [0, 0.1) is 0 Å². The summed E-state index contributed by atoms with van der Waals surface area (Å²) in [6.07, 6.45) is 0. The van der Waals surface area contributed by atoms with Gasteiger partial charge in [-0.2, -0.15) is 0 Å². The lowest BCUT2D eigenvalue weighted by molar-refractivity contribution is -0.116. The van der Waals surface area contributed by atoms with Crippen molar-refractivity contribution in [3.8, 4) is 5.75 Å². The van der Waals surface area contributed by atoms with Gasteiger partial charge in [0.25, 0.3) is 0 Å². The Morgan fingerprint density at radius 2 is 1.51 bits per heavy atom. The summed E-state index contributed by atoms with van der Waals surface area (Å²) >= 11 is 0. The minimum atomic E-state index is -3.82. The van der Waals surface area contributed by atoms with Crippen LogP contribution in [-0.2, 0) is 26.0 Å². The summed E-state index contributed by atoms with van der Waals surface area (Å²) in [5.41, 5.74) is 0.554. The number of esters is 1. The summed E-state index contributed by atoms with van der Waals surface area (Å²) in [6, 6.07) is 19.3. The molecule has 0 N–H and O–H groups in total. The Morgan fingerprint density at radius 1 is 0.886 bits per heavy atom. The molecule has 0 aliphatic carbocycles. The van der Waals surface area contributed by atoms with E-state index in [-0.39, 0.29) is 27.9 Å². The Balaban J connectivity index is 1.92. The van der Waals surface area contributed by atoms with Crippen molar-refractivity contribution in [3.63, 3.8) is 0 Å². The van der Waals surface area contributed by atoms with Crippen molar-refractivity contribution in [1.82, 2.24) is 0 Å². The first-order valence-corrected chi connectivity index (χ1v) is 12.5. The number of benzene rings is 3. The third kappa shape index (κ3) is 6.48. The molecule has 0 bridgehead atoms. The van der Waals surface area contributed by atoms with Crippen molar-refractivity contribution in [2.24, 2.45) is 0 Å². The Morgan fingerprint density at radius 3 is 2.09 bits per heavy atom. The van der Waals surface area contributed by atoms with Gasteiger partial charge < -0.3 is 14.4 Å². The first-order chi connectivity index (χ1) is 16.4. The van der Waals surface area contributed by atoms with E-state index >= 15 is 0 Å². The number of ether oxygens (including phenoxy) is 2. The van der Waals surface area contributed by atoms with Gasteiger partial charge in [0.05, 0.1) is 15.4 Å². The molecular weight excluding hydrogens is 466 g/mol. The number of hydrogen-bond donors (Lipinski definition) is 0. The quantitative estimate of drug-likeness (QED) is 0.427. The molecule has 0 radical (unpaired) electrons. The van der Waals surface area contributed by atoms with E-state index in [1.54, 1.807) is 76.3 Å². The van der Waals surface area contributed by atoms with Crippen LogP contribution in [0.4, 0.5) is 5.69 Å². The second-order valence-corrected chi connectivity index (χ2v) is 10.9. The highest BCUT2D eigenvalue weighted by Gasteiger charge is 2.25. The third-order valence-corrected chi connectivity index (χ3v) is 6.92. The van der Waals surface area contributed by atoms with Gasteiger partial charge >= 0.3 is 5.97 Å². The van der Waals surface area contributed by atoms with Gasteiger partial charge in [-0.05, 0) is 69.3 Å². The van der Waals surface area contributed by atoms with Crippen LogP contribution in [-0.4, -0.2) is 32.9 Å². The highest BCUT2D eigenvalue weighted by atomic mass is 32.2. The van der Waals surface area contributed by atoms with E-state index in [0.29, 0.717) is 11.3 Å². The standard InChI is InChI=1S/C27H29NO6S/c1-19(29)28(5)21-12-14-22(15-13-21)33-18-20-11-16-24(17-25(20)26(30)34-27(2,3)4)35(31,32)23-9-7-6-8-10-23/h6-17H,18H2,1-5H3. The van der Waals surface area contributed by atoms with Crippen molar-refractivity contribution in [3.05, 3.63) is 83.9 Å². The van der Waals surface area contributed by atoms with Gasteiger partial charge in [0, 0.05) is 25.2 Å². The van der Waals surface area contributed by atoms with Crippen LogP contribution in [0.2, 0.25) is 0 Å². The second kappa shape index (κ2) is 10.3. The SMILES string of the molecule is CC(=O)N(C)c1ccc(OCc2ccc(S(=O)(=O)c3ccccc3)cc2C(=O)OC(C)(C)C)cc1. The van der Waals surface area contributed by atoms with E-state index in [2.05, 4.69) is 0 Å². The molecule has 0 fully saturated rings. The summed E-state index contributed by atoms with van der Waals surface area (Å²) in [7, 11) is -2.15. The number of sulfone groups is 1. The van der Waals surface area contributed by atoms with Crippen molar-refractivity contribution in [1.29, 1.82) is 0 Å². The molecule has 0 aliphatic heterocycles. The van der Waals surface area contributed by atoms with Crippen LogP contribution in [0.3, 0.4) is 0 Å². The summed E-state index contributed by atoms with van der Waals surface area (Å²) in [4.78, 5) is 26.2. The average Bonchev–Trinajstić information content (AvgIpc) is 2.82. The number of rotatable bonds is 7. The van der Waals surface area contributed by atoms with E-state index in [0.717, 1.165) is 5.69 Å². The lowest BCUT2D eigenvalue weighted by Crippen LogP contribution is -2.25. The maximum absolute atomic E-state index is 13.1. The van der Waals surface area contributed by atoms with E-state index in [1.807, 2.05) is 0 Å². The Bertz CT molecular complexity index is 1310. The van der Waals surface area contributed by atoms with Crippen LogP contribution in [0.1, 0.15) is 43.6 Å². The second-order valence-electron chi connectivity index (χ2n) is 9.00. The predicted molar refractivity (Wildman–Crippen MR) is 133 cm³/mol. The molecular formula is C27H29NO6S. The Kier molecular flexibility index (Phi) is 7.65. The summed E-state index contributed by atoms with van der Waals surface area (Å²) in [6.45, 7) is 6.72. The molecule has 0 saturated carbocycles. The normalized spacial score (nSPS) is 11.6. The molecule has 7 nitrogen and oxygen atoms in total. The van der Waals surface area contributed by atoms with Crippen LogP contribution in [0.15, 0.2) is 82.6 Å². The van der Waals surface area contributed by atoms with Crippen LogP contribution in [0.25, 0.3) is 0 Å². The number of amides is 1. The predicted octanol–water partition coefficient (Wildman–Crippen LogP) is 5.04. The number of carbonyl (C=O) groups is 2. The van der Waals surface area contributed by atoms with Crippen molar-refractivity contribution < 1.29 is 27.5 Å². The maximum Gasteiger partial charge on any atom is 0.339 e. The largest absolute Gasteiger partial charge is 0.489 e. The highest BCUT2D eigenvalue weighted by Crippen LogP contribution is 2.26.